The van der Waals surface area contributed by atoms with Crippen molar-refractivity contribution in [2.75, 3.05) is 18.7 Å². The Labute approximate surface area is 163 Å². The summed E-state index contributed by atoms with van der Waals surface area (Å²) in [6, 6.07) is 23.1. The summed E-state index contributed by atoms with van der Waals surface area (Å²) in [6.45, 7) is 1.30. The lowest BCUT2D eigenvalue weighted by atomic mass is 10.1. The highest BCUT2D eigenvalue weighted by Crippen LogP contribution is 2.32. The molecule has 1 N–H and O–H groups in total. The van der Waals surface area contributed by atoms with Crippen molar-refractivity contribution >= 4 is 11.5 Å². The van der Waals surface area contributed by atoms with Gasteiger partial charge in [-0.15, -0.1) is 0 Å². The smallest absolute Gasteiger partial charge is 0.231 e. The SMILES string of the molecule is O=C(CCNc1ccc(OCc2ccccc2)cc1)c1ccc2c(c1)OCO2. The van der Waals surface area contributed by atoms with Crippen LogP contribution in [0, 0.1) is 0 Å². The van der Waals surface area contributed by atoms with Gasteiger partial charge >= 0.3 is 0 Å². The average Bonchev–Trinajstić information content (AvgIpc) is 3.22. The fourth-order valence-corrected chi connectivity index (χ4v) is 2.94. The molecular weight excluding hydrogens is 354 g/mol. The summed E-state index contributed by atoms with van der Waals surface area (Å²) in [5, 5.41) is 3.27. The Balaban J connectivity index is 1.24. The fourth-order valence-electron chi connectivity index (χ4n) is 2.94. The van der Waals surface area contributed by atoms with Crippen LogP contribution in [0.5, 0.6) is 17.2 Å². The maximum atomic E-state index is 12.4. The lowest BCUT2D eigenvalue weighted by Crippen LogP contribution is -2.08. The van der Waals surface area contributed by atoms with Crippen LogP contribution in [0.3, 0.4) is 0 Å². The molecule has 0 atom stereocenters. The fraction of sp³-hybridized carbons (Fsp3) is 0.174. The minimum Gasteiger partial charge on any atom is -0.489 e. The van der Waals surface area contributed by atoms with E-state index in [0.29, 0.717) is 36.6 Å². The summed E-state index contributed by atoms with van der Waals surface area (Å²) in [5.74, 6) is 2.19. The van der Waals surface area contributed by atoms with Crippen molar-refractivity contribution in [1.82, 2.24) is 0 Å². The molecule has 0 amide bonds. The van der Waals surface area contributed by atoms with Crippen LogP contribution in [0.25, 0.3) is 0 Å². The van der Waals surface area contributed by atoms with E-state index in [-0.39, 0.29) is 12.6 Å². The van der Waals surface area contributed by atoms with E-state index in [9.17, 15) is 4.79 Å². The monoisotopic (exact) mass is 375 g/mol. The predicted octanol–water partition coefficient (Wildman–Crippen LogP) is 4.68. The summed E-state index contributed by atoms with van der Waals surface area (Å²) < 4.78 is 16.4. The van der Waals surface area contributed by atoms with E-state index in [1.807, 2.05) is 54.6 Å². The van der Waals surface area contributed by atoms with Crippen LogP contribution in [-0.2, 0) is 6.61 Å². The molecule has 5 heteroatoms. The molecule has 3 aromatic carbocycles. The van der Waals surface area contributed by atoms with Gasteiger partial charge in [-0.05, 0) is 48.0 Å². The van der Waals surface area contributed by atoms with Crippen LogP contribution in [0.4, 0.5) is 5.69 Å². The molecule has 0 saturated carbocycles. The summed E-state index contributed by atoms with van der Waals surface area (Å²) in [4.78, 5) is 12.4. The first-order valence-electron chi connectivity index (χ1n) is 9.21. The molecule has 3 aromatic rings. The third-order valence-electron chi connectivity index (χ3n) is 4.48. The molecule has 0 saturated heterocycles. The van der Waals surface area contributed by atoms with Crippen molar-refractivity contribution in [2.45, 2.75) is 13.0 Å². The van der Waals surface area contributed by atoms with Gasteiger partial charge in [-0.1, -0.05) is 30.3 Å². The van der Waals surface area contributed by atoms with Crippen LogP contribution in [0.1, 0.15) is 22.3 Å². The highest BCUT2D eigenvalue weighted by molar-refractivity contribution is 5.97. The van der Waals surface area contributed by atoms with Gasteiger partial charge in [0.2, 0.25) is 6.79 Å². The van der Waals surface area contributed by atoms with Crippen LogP contribution < -0.4 is 19.5 Å². The molecule has 0 unspecified atom stereocenters. The maximum absolute atomic E-state index is 12.4. The summed E-state index contributed by atoms with van der Waals surface area (Å²) >= 11 is 0. The average molecular weight is 375 g/mol. The topological polar surface area (TPSA) is 56.8 Å². The minimum atomic E-state index is 0.0635. The first-order valence-corrected chi connectivity index (χ1v) is 9.21. The molecule has 5 nitrogen and oxygen atoms in total. The van der Waals surface area contributed by atoms with Crippen molar-refractivity contribution in [1.29, 1.82) is 0 Å². The second kappa shape index (κ2) is 8.48. The molecule has 0 radical (unpaired) electrons. The molecule has 0 fully saturated rings. The summed E-state index contributed by atoms with van der Waals surface area (Å²) in [6.07, 6.45) is 0.395. The number of benzene rings is 3. The number of ether oxygens (including phenoxy) is 3. The predicted molar refractivity (Wildman–Crippen MR) is 107 cm³/mol. The second-order valence-corrected chi connectivity index (χ2v) is 6.47. The number of hydrogen-bond donors (Lipinski definition) is 1. The van der Waals surface area contributed by atoms with Crippen LogP contribution in [-0.4, -0.2) is 19.1 Å². The number of carbonyl (C=O) groups excluding carboxylic acids is 1. The summed E-state index contributed by atoms with van der Waals surface area (Å²) in [7, 11) is 0. The first-order chi connectivity index (χ1) is 13.8. The molecule has 0 aromatic heterocycles. The zero-order valence-corrected chi connectivity index (χ0v) is 15.4. The number of anilines is 1. The lowest BCUT2D eigenvalue weighted by Gasteiger charge is -2.09. The molecule has 0 bridgehead atoms. The Morgan fingerprint density at radius 1 is 0.929 bits per heavy atom. The van der Waals surface area contributed by atoms with Gasteiger partial charge in [-0.25, -0.2) is 0 Å². The van der Waals surface area contributed by atoms with E-state index in [2.05, 4.69) is 5.32 Å². The molecule has 4 rings (SSSR count). The number of fused-ring (bicyclic) bond motifs is 1. The second-order valence-electron chi connectivity index (χ2n) is 6.47. The molecule has 142 valence electrons. The zero-order valence-electron chi connectivity index (χ0n) is 15.4. The number of rotatable bonds is 8. The molecule has 1 aliphatic rings. The maximum Gasteiger partial charge on any atom is 0.231 e. The third kappa shape index (κ3) is 4.43. The van der Waals surface area contributed by atoms with E-state index in [1.165, 1.54) is 0 Å². The standard InChI is InChI=1S/C23H21NO4/c25-21(18-6-11-22-23(14-18)28-16-27-22)12-13-24-19-7-9-20(10-8-19)26-15-17-4-2-1-3-5-17/h1-11,14,24H,12-13,15-16H2. The number of nitrogens with one attached hydrogen (secondary N) is 1. The van der Waals surface area contributed by atoms with Gasteiger partial charge in [0.1, 0.15) is 12.4 Å². The van der Waals surface area contributed by atoms with Gasteiger partial charge < -0.3 is 19.5 Å². The van der Waals surface area contributed by atoms with E-state index in [4.69, 9.17) is 14.2 Å². The van der Waals surface area contributed by atoms with Gasteiger partial charge in [0.05, 0.1) is 0 Å². The number of carbonyl (C=O) groups is 1. The van der Waals surface area contributed by atoms with E-state index in [1.54, 1.807) is 18.2 Å². The molecular formula is C23H21NO4. The number of ketones is 1. The van der Waals surface area contributed by atoms with Crippen LogP contribution in [0.2, 0.25) is 0 Å². The normalized spacial score (nSPS) is 11.9. The number of hydrogen-bond acceptors (Lipinski definition) is 5. The van der Waals surface area contributed by atoms with Crippen LogP contribution >= 0.6 is 0 Å². The Hall–Kier alpha value is -3.47. The van der Waals surface area contributed by atoms with Crippen molar-refractivity contribution < 1.29 is 19.0 Å². The Morgan fingerprint density at radius 3 is 2.54 bits per heavy atom. The van der Waals surface area contributed by atoms with Gasteiger partial charge in [-0.3, -0.25) is 4.79 Å². The van der Waals surface area contributed by atoms with Crippen molar-refractivity contribution in [3.05, 3.63) is 83.9 Å². The Bertz CT molecular complexity index is 939. The Kier molecular flexibility index (Phi) is 5.43. The Morgan fingerprint density at radius 2 is 1.71 bits per heavy atom. The van der Waals surface area contributed by atoms with Crippen molar-refractivity contribution in [3.63, 3.8) is 0 Å². The van der Waals surface area contributed by atoms with Gasteiger partial charge in [0.25, 0.3) is 0 Å². The minimum absolute atomic E-state index is 0.0635. The van der Waals surface area contributed by atoms with Gasteiger partial charge in [0.15, 0.2) is 17.3 Å². The van der Waals surface area contributed by atoms with E-state index in [0.717, 1.165) is 17.0 Å². The third-order valence-corrected chi connectivity index (χ3v) is 4.48. The molecule has 1 heterocycles. The van der Waals surface area contributed by atoms with Crippen molar-refractivity contribution in [3.8, 4) is 17.2 Å². The van der Waals surface area contributed by atoms with E-state index >= 15 is 0 Å². The first kappa shape index (κ1) is 17.9. The summed E-state index contributed by atoms with van der Waals surface area (Å²) in [5.41, 5.74) is 2.72. The largest absolute Gasteiger partial charge is 0.489 e. The quantitative estimate of drug-likeness (QED) is 0.580. The zero-order chi connectivity index (χ0) is 19.2. The molecule has 0 aliphatic carbocycles. The molecule has 0 spiro atoms. The van der Waals surface area contributed by atoms with E-state index < -0.39 is 0 Å². The number of Topliss-reactive ketones (excluding diaryl/α,β-unsaturated/α-hetero) is 1. The van der Waals surface area contributed by atoms with Crippen LogP contribution in [0.15, 0.2) is 72.8 Å². The van der Waals surface area contributed by atoms with Gasteiger partial charge in [-0.2, -0.15) is 0 Å². The van der Waals surface area contributed by atoms with Crippen molar-refractivity contribution in [2.24, 2.45) is 0 Å². The molecule has 1 aliphatic heterocycles. The highest BCUT2D eigenvalue weighted by Gasteiger charge is 2.15. The van der Waals surface area contributed by atoms with Gasteiger partial charge in [0, 0.05) is 24.2 Å². The highest BCUT2D eigenvalue weighted by atomic mass is 16.7. The lowest BCUT2D eigenvalue weighted by molar-refractivity contribution is 0.0986. The molecule has 28 heavy (non-hydrogen) atoms.